The van der Waals surface area contributed by atoms with Crippen molar-refractivity contribution in [1.29, 1.82) is 0 Å². The van der Waals surface area contributed by atoms with Gasteiger partial charge in [0.1, 0.15) is 24.4 Å². The molecule has 1 saturated heterocycles. The minimum absolute atomic E-state index is 0.781. The fraction of sp³-hybridized carbons (Fsp3) is 0.875. The van der Waals surface area contributed by atoms with Crippen LogP contribution in [0.2, 0.25) is 0 Å². The van der Waals surface area contributed by atoms with Crippen molar-refractivity contribution in [3.63, 3.8) is 0 Å². The molecule has 19 heavy (non-hydrogen) atoms. The first kappa shape index (κ1) is 16.5. The van der Waals surface area contributed by atoms with Crippen LogP contribution in [0, 0.1) is 0 Å². The number of ether oxygens (including phenoxy) is 1. The number of carbonyl (C=O) groups is 1. The first-order valence-corrected chi connectivity index (χ1v) is 7.16. The monoisotopic (exact) mass is 302 g/mol. The van der Waals surface area contributed by atoms with Crippen LogP contribution in [0.1, 0.15) is 0 Å². The third-order valence-corrected chi connectivity index (χ3v) is 3.07. The van der Waals surface area contributed by atoms with Gasteiger partial charge in [-0.2, -0.15) is 0 Å². The summed E-state index contributed by atoms with van der Waals surface area (Å²) in [5, 5.41) is 46.3. The molecule has 0 aliphatic carbocycles. The van der Waals surface area contributed by atoms with Gasteiger partial charge in [-0.25, -0.2) is 4.79 Å². The molecule has 6 N–H and O–H groups in total. The maximum Gasteiger partial charge on any atom is 0.335 e. The van der Waals surface area contributed by atoms with Crippen molar-refractivity contribution in [3.8, 4) is 0 Å². The Kier molecular flexibility index (Phi) is 5.04. The second kappa shape index (κ2) is 5.81. The van der Waals surface area contributed by atoms with Crippen LogP contribution in [0.25, 0.3) is 0 Å². The molecule has 1 rings (SSSR count). The van der Waals surface area contributed by atoms with Crippen LogP contribution < -0.4 is 0 Å². The standard InChI is InChI=1S/C8H15O10P/c1-19(15,16)18-8-4(11)2(9)3(10)6(17-8)5(12)7(13)14/h2-6,8-12H,1H3,(H,13,14)(H,15,16)/t2-,3-,4?,5-,6?,8-/m0/s1. The fourth-order valence-electron chi connectivity index (χ4n) is 1.55. The van der Waals surface area contributed by atoms with Crippen molar-refractivity contribution >= 4 is 13.6 Å². The van der Waals surface area contributed by atoms with E-state index >= 15 is 0 Å². The van der Waals surface area contributed by atoms with Crippen molar-refractivity contribution in [2.24, 2.45) is 0 Å². The summed E-state index contributed by atoms with van der Waals surface area (Å²) in [5.74, 6) is -1.74. The molecule has 11 heteroatoms. The molecule has 112 valence electrons. The van der Waals surface area contributed by atoms with Crippen molar-refractivity contribution in [3.05, 3.63) is 0 Å². The number of hydrogen-bond donors (Lipinski definition) is 6. The van der Waals surface area contributed by atoms with E-state index in [2.05, 4.69) is 4.52 Å². The Balaban J connectivity index is 2.91. The summed E-state index contributed by atoms with van der Waals surface area (Å²) in [6.07, 6.45) is -11.6. The molecule has 1 fully saturated rings. The van der Waals surface area contributed by atoms with Crippen molar-refractivity contribution in [2.75, 3.05) is 6.66 Å². The van der Waals surface area contributed by atoms with Gasteiger partial charge in [-0.1, -0.05) is 0 Å². The van der Waals surface area contributed by atoms with Crippen LogP contribution in [-0.2, 0) is 18.6 Å². The number of hydrogen-bond acceptors (Lipinski definition) is 8. The Hall–Kier alpha value is -0.580. The van der Waals surface area contributed by atoms with Gasteiger partial charge < -0.3 is 35.2 Å². The molecule has 0 spiro atoms. The van der Waals surface area contributed by atoms with Crippen LogP contribution in [0.15, 0.2) is 0 Å². The summed E-state index contributed by atoms with van der Waals surface area (Å²) < 4.78 is 20.2. The van der Waals surface area contributed by atoms with E-state index in [-0.39, 0.29) is 0 Å². The lowest BCUT2D eigenvalue weighted by Gasteiger charge is -2.41. The van der Waals surface area contributed by atoms with Gasteiger partial charge in [0.2, 0.25) is 0 Å². The lowest BCUT2D eigenvalue weighted by molar-refractivity contribution is -0.288. The second-order valence-electron chi connectivity index (χ2n) is 4.13. The van der Waals surface area contributed by atoms with Gasteiger partial charge in [0.05, 0.1) is 0 Å². The van der Waals surface area contributed by atoms with Crippen LogP contribution in [-0.4, -0.2) is 79.9 Å². The van der Waals surface area contributed by atoms with Gasteiger partial charge in [0.15, 0.2) is 12.4 Å². The SMILES string of the molecule is CP(=O)(O)O[C@@H]1OC([C@H](O)C(=O)O)[C@@H](O)[C@H](O)C1O. The molecule has 0 aromatic carbocycles. The number of aliphatic hydroxyl groups excluding tert-OH is 4. The molecule has 0 bridgehead atoms. The predicted octanol–water partition coefficient (Wildman–Crippen LogP) is -2.93. The minimum Gasteiger partial charge on any atom is -0.479 e. The van der Waals surface area contributed by atoms with Crippen LogP contribution in [0.4, 0.5) is 0 Å². The number of carboxylic acids is 1. The van der Waals surface area contributed by atoms with E-state index in [0.717, 1.165) is 6.66 Å². The Morgan fingerprint density at radius 1 is 1.26 bits per heavy atom. The van der Waals surface area contributed by atoms with Crippen LogP contribution in [0.3, 0.4) is 0 Å². The fourth-order valence-corrected chi connectivity index (χ4v) is 2.11. The van der Waals surface area contributed by atoms with Gasteiger partial charge in [-0.3, -0.25) is 9.09 Å². The van der Waals surface area contributed by atoms with E-state index < -0.39 is 50.4 Å². The molecule has 1 heterocycles. The third kappa shape index (κ3) is 3.94. The van der Waals surface area contributed by atoms with E-state index in [1.54, 1.807) is 0 Å². The number of aliphatic carboxylic acids is 1. The lowest BCUT2D eigenvalue weighted by Crippen LogP contribution is -2.62. The summed E-state index contributed by atoms with van der Waals surface area (Å²) in [4.78, 5) is 19.6. The Morgan fingerprint density at radius 3 is 2.21 bits per heavy atom. The molecular weight excluding hydrogens is 287 g/mol. The van der Waals surface area contributed by atoms with Gasteiger partial charge >= 0.3 is 13.6 Å². The van der Waals surface area contributed by atoms with Crippen LogP contribution in [0.5, 0.6) is 0 Å². The molecule has 0 amide bonds. The van der Waals surface area contributed by atoms with Crippen molar-refractivity contribution < 1.29 is 49.0 Å². The Bertz CT molecular complexity index is 380. The van der Waals surface area contributed by atoms with E-state index in [0.29, 0.717) is 0 Å². The van der Waals surface area contributed by atoms with Gasteiger partial charge in [0, 0.05) is 6.66 Å². The van der Waals surface area contributed by atoms with Gasteiger partial charge in [0.25, 0.3) is 0 Å². The molecule has 0 aromatic rings. The zero-order valence-corrected chi connectivity index (χ0v) is 10.6. The number of rotatable bonds is 4. The molecular formula is C8H15O10P. The summed E-state index contributed by atoms with van der Waals surface area (Å²) in [7, 11) is -4.11. The number of carboxylic acid groups (broad SMARTS) is 1. The van der Waals surface area contributed by atoms with Crippen molar-refractivity contribution in [1.82, 2.24) is 0 Å². The predicted molar refractivity (Wildman–Crippen MR) is 57.2 cm³/mol. The normalized spacial score (nSPS) is 40.4. The van der Waals surface area contributed by atoms with E-state index in [4.69, 9.17) is 14.7 Å². The molecule has 0 aromatic heterocycles. The first-order chi connectivity index (χ1) is 8.54. The quantitative estimate of drug-likeness (QED) is 0.295. The van der Waals surface area contributed by atoms with E-state index in [9.17, 15) is 29.8 Å². The zero-order valence-electron chi connectivity index (χ0n) is 9.73. The Morgan fingerprint density at radius 2 is 1.79 bits per heavy atom. The highest BCUT2D eigenvalue weighted by atomic mass is 31.2. The highest BCUT2D eigenvalue weighted by Crippen LogP contribution is 2.41. The van der Waals surface area contributed by atoms with Gasteiger partial charge in [-0.15, -0.1) is 0 Å². The maximum absolute atomic E-state index is 11.0. The van der Waals surface area contributed by atoms with E-state index in [1.165, 1.54) is 0 Å². The molecule has 0 saturated carbocycles. The molecule has 7 atom stereocenters. The number of aliphatic hydroxyl groups is 4. The largest absolute Gasteiger partial charge is 0.479 e. The van der Waals surface area contributed by atoms with E-state index in [1.807, 2.05) is 0 Å². The minimum atomic E-state index is -4.11. The Labute approximate surface area is 107 Å². The molecule has 1 aliphatic rings. The average Bonchev–Trinajstić information content (AvgIpc) is 2.27. The summed E-state index contributed by atoms with van der Waals surface area (Å²) in [6, 6.07) is 0. The summed E-state index contributed by atoms with van der Waals surface area (Å²) in [5.41, 5.74) is 0. The summed E-state index contributed by atoms with van der Waals surface area (Å²) >= 11 is 0. The molecule has 3 unspecified atom stereocenters. The zero-order chi connectivity index (χ0) is 15.0. The third-order valence-electron chi connectivity index (χ3n) is 2.47. The average molecular weight is 302 g/mol. The highest BCUT2D eigenvalue weighted by molar-refractivity contribution is 7.51. The smallest absolute Gasteiger partial charge is 0.335 e. The van der Waals surface area contributed by atoms with Crippen molar-refractivity contribution in [2.45, 2.75) is 36.8 Å². The summed E-state index contributed by atoms with van der Waals surface area (Å²) in [6.45, 7) is 0.781. The van der Waals surface area contributed by atoms with Crippen LogP contribution >= 0.6 is 7.60 Å². The topological polar surface area (TPSA) is 174 Å². The molecule has 10 nitrogen and oxygen atoms in total. The second-order valence-corrected chi connectivity index (χ2v) is 5.95. The lowest BCUT2D eigenvalue weighted by atomic mass is 9.95. The first-order valence-electron chi connectivity index (χ1n) is 5.14. The molecule has 0 radical (unpaired) electrons. The van der Waals surface area contributed by atoms with Gasteiger partial charge in [-0.05, 0) is 0 Å². The molecule has 1 aliphatic heterocycles. The highest BCUT2D eigenvalue weighted by Gasteiger charge is 2.49. The maximum atomic E-state index is 11.0.